The highest BCUT2D eigenvalue weighted by atomic mass is 31.2. The summed E-state index contributed by atoms with van der Waals surface area (Å²) in [5.74, 6) is -0.374. The Kier molecular flexibility index (Phi) is 44.6. The van der Waals surface area contributed by atoms with Crippen LogP contribution in [0.3, 0.4) is 0 Å². The summed E-state index contributed by atoms with van der Waals surface area (Å²) < 4.78 is 33.5. The van der Waals surface area contributed by atoms with E-state index in [0.717, 1.165) is 32.1 Å². The highest BCUT2D eigenvalue weighted by molar-refractivity contribution is 7.47. The van der Waals surface area contributed by atoms with Crippen molar-refractivity contribution in [1.82, 2.24) is 0 Å². The fraction of sp³-hybridized carbons (Fsp3) is 0.979. The Labute approximate surface area is 352 Å². The van der Waals surface area contributed by atoms with Gasteiger partial charge in [0.1, 0.15) is 12.2 Å². The Morgan fingerprint density at radius 2 is 0.789 bits per heavy atom. The molecule has 0 rings (SSSR count). The van der Waals surface area contributed by atoms with Gasteiger partial charge in [-0.2, -0.15) is 0 Å². The van der Waals surface area contributed by atoms with Gasteiger partial charge < -0.3 is 24.6 Å². The summed E-state index contributed by atoms with van der Waals surface area (Å²) >= 11 is 0. The molecule has 342 valence electrons. The number of carbonyl (C=O) groups is 1. The molecule has 0 aromatic carbocycles. The van der Waals surface area contributed by atoms with E-state index in [-0.39, 0.29) is 25.6 Å². The summed E-state index contributed by atoms with van der Waals surface area (Å²) in [5.41, 5.74) is 0. The van der Waals surface area contributed by atoms with Crippen molar-refractivity contribution in [1.29, 1.82) is 0 Å². The van der Waals surface area contributed by atoms with E-state index in [9.17, 15) is 19.4 Å². The van der Waals surface area contributed by atoms with Crippen molar-refractivity contribution in [2.75, 3.05) is 33.0 Å². The maximum Gasteiger partial charge on any atom is 0.472 e. The molecule has 0 saturated carbocycles. The SMILES string of the molecule is CCCCCCCCCCCCCCCCCCCCOC[C@H](COP(=O)(O)OC[C@@H](O)CO)OC(=O)CCCCCCCCCCCCCCCCCCCC. The van der Waals surface area contributed by atoms with Crippen LogP contribution in [0.1, 0.15) is 251 Å². The number of hydrogen-bond acceptors (Lipinski definition) is 8. The smallest absolute Gasteiger partial charge is 0.457 e. The van der Waals surface area contributed by atoms with Gasteiger partial charge in [0.15, 0.2) is 0 Å². The molecule has 0 radical (unpaired) electrons. The van der Waals surface area contributed by atoms with Crippen molar-refractivity contribution >= 4 is 13.8 Å². The fourth-order valence-electron chi connectivity index (χ4n) is 7.30. The van der Waals surface area contributed by atoms with E-state index >= 15 is 0 Å². The summed E-state index contributed by atoms with van der Waals surface area (Å²) in [5, 5.41) is 18.4. The minimum Gasteiger partial charge on any atom is -0.457 e. The zero-order valence-electron chi connectivity index (χ0n) is 37.6. The normalized spacial score (nSPS) is 13.8. The van der Waals surface area contributed by atoms with Gasteiger partial charge in [0, 0.05) is 13.0 Å². The van der Waals surface area contributed by atoms with E-state index in [1.54, 1.807) is 0 Å². The van der Waals surface area contributed by atoms with Crippen molar-refractivity contribution in [2.24, 2.45) is 0 Å². The first-order chi connectivity index (χ1) is 27.8. The molecule has 3 N–H and O–H groups in total. The van der Waals surface area contributed by atoms with Gasteiger partial charge in [-0.3, -0.25) is 13.8 Å². The third-order valence-corrected chi connectivity index (χ3v) is 12.0. The Balaban J connectivity index is 4.04. The molecule has 0 aromatic rings. The van der Waals surface area contributed by atoms with Crippen LogP contribution in [0.4, 0.5) is 0 Å². The first-order valence-electron chi connectivity index (χ1n) is 24.5. The van der Waals surface area contributed by atoms with Gasteiger partial charge in [0.2, 0.25) is 0 Å². The average Bonchev–Trinajstić information content (AvgIpc) is 3.20. The van der Waals surface area contributed by atoms with E-state index in [1.165, 1.54) is 199 Å². The van der Waals surface area contributed by atoms with Gasteiger partial charge in [-0.05, 0) is 12.8 Å². The van der Waals surface area contributed by atoms with Crippen LogP contribution < -0.4 is 0 Å². The third-order valence-electron chi connectivity index (χ3n) is 11.0. The lowest BCUT2D eigenvalue weighted by molar-refractivity contribution is -0.154. The predicted octanol–water partition coefficient (Wildman–Crippen LogP) is 13.9. The molecule has 9 nitrogen and oxygen atoms in total. The van der Waals surface area contributed by atoms with Gasteiger partial charge in [0.05, 0.1) is 26.4 Å². The second-order valence-electron chi connectivity index (χ2n) is 16.9. The number of carbonyl (C=O) groups excluding carboxylic acids is 1. The number of phosphoric ester groups is 1. The summed E-state index contributed by atoms with van der Waals surface area (Å²) in [7, 11) is -4.51. The summed E-state index contributed by atoms with van der Waals surface area (Å²) in [6, 6.07) is 0. The topological polar surface area (TPSA) is 132 Å². The van der Waals surface area contributed by atoms with Crippen LogP contribution in [0.15, 0.2) is 0 Å². The quantitative estimate of drug-likeness (QED) is 0.0311. The predicted molar refractivity (Wildman–Crippen MR) is 238 cm³/mol. The maximum atomic E-state index is 12.7. The molecule has 3 atom stereocenters. The minimum atomic E-state index is -4.51. The Bertz CT molecular complexity index is 861. The van der Waals surface area contributed by atoms with Crippen molar-refractivity contribution < 1.29 is 43.0 Å². The molecule has 0 aliphatic carbocycles. The number of rotatable bonds is 48. The van der Waals surface area contributed by atoms with Crippen molar-refractivity contribution in [2.45, 2.75) is 264 Å². The molecule has 0 aliphatic heterocycles. The van der Waals surface area contributed by atoms with Crippen LogP contribution in [0.25, 0.3) is 0 Å². The Morgan fingerprint density at radius 1 is 0.474 bits per heavy atom. The van der Waals surface area contributed by atoms with Crippen LogP contribution in [0.5, 0.6) is 0 Å². The first-order valence-corrected chi connectivity index (χ1v) is 26.0. The number of esters is 1. The van der Waals surface area contributed by atoms with Gasteiger partial charge in [-0.25, -0.2) is 4.57 Å². The van der Waals surface area contributed by atoms with E-state index in [1.807, 2.05) is 0 Å². The van der Waals surface area contributed by atoms with E-state index in [2.05, 4.69) is 13.8 Å². The number of phosphoric acid groups is 1. The van der Waals surface area contributed by atoms with Crippen molar-refractivity contribution in [3.05, 3.63) is 0 Å². The molecule has 0 spiro atoms. The Morgan fingerprint density at radius 3 is 1.14 bits per heavy atom. The van der Waals surface area contributed by atoms with Gasteiger partial charge in [-0.1, -0.05) is 232 Å². The number of unbranched alkanes of at least 4 members (excludes halogenated alkanes) is 34. The molecule has 0 heterocycles. The van der Waals surface area contributed by atoms with Gasteiger partial charge >= 0.3 is 13.8 Å². The minimum absolute atomic E-state index is 0.0586. The van der Waals surface area contributed by atoms with E-state index in [4.69, 9.17) is 23.6 Å². The zero-order chi connectivity index (χ0) is 41.8. The molecular weight excluding hydrogens is 739 g/mol. The van der Waals surface area contributed by atoms with Crippen molar-refractivity contribution in [3.8, 4) is 0 Å². The monoisotopic (exact) mass is 835 g/mol. The number of hydrogen-bond donors (Lipinski definition) is 3. The van der Waals surface area contributed by atoms with E-state index < -0.39 is 33.2 Å². The standard InChI is InChI=1S/C47H95O9P/c1-3-5-7-9-11-13-15-17-19-21-23-25-27-29-31-33-35-37-39-47(50)56-46(44-55-57(51,52)54-42-45(49)41-48)43-53-40-38-36-34-32-30-28-26-24-22-20-18-16-14-12-10-8-6-4-2/h45-46,48-49H,3-44H2,1-2H3,(H,51,52)/t45-,46+/m0/s1. The lowest BCUT2D eigenvalue weighted by Crippen LogP contribution is -2.29. The second-order valence-corrected chi connectivity index (χ2v) is 18.3. The largest absolute Gasteiger partial charge is 0.472 e. The number of aliphatic hydroxyl groups is 2. The highest BCUT2D eigenvalue weighted by Gasteiger charge is 2.26. The van der Waals surface area contributed by atoms with Crippen LogP contribution in [0.2, 0.25) is 0 Å². The lowest BCUT2D eigenvalue weighted by atomic mass is 10.0. The van der Waals surface area contributed by atoms with Crippen LogP contribution >= 0.6 is 7.82 Å². The number of aliphatic hydroxyl groups excluding tert-OH is 2. The van der Waals surface area contributed by atoms with Gasteiger partial charge in [-0.15, -0.1) is 0 Å². The third kappa shape index (κ3) is 44.8. The summed E-state index contributed by atoms with van der Waals surface area (Å²) in [6.45, 7) is 3.60. The highest BCUT2D eigenvalue weighted by Crippen LogP contribution is 2.43. The molecule has 10 heteroatoms. The average molecular weight is 835 g/mol. The lowest BCUT2D eigenvalue weighted by Gasteiger charge is -2.20. The molecule has 0 aromatic heterocycles. The fourth-order valence-corrected chi connectivity index (χ4v) is 8.09. The zero-order valence-corrected chi connectivity index (χ0v) is 38.5. The van der Waals surface area contributed by atoms with Gasteiger partial charge in [0.25, 0.3) is 0 Å². The molecular formula is C47H95O9P. The molecule has 1 unspecified atom stereocenters. The summed E-state index contributed by atoms with van der Waals surface area (Å²) in [4.78, 5) is 22.6. The van der Waals surface area contributed by atoms with Crippen LogP contribution in [0, 0.1) is 0 Å². The molecule has 57 heavy (non-hydrogen) atoms. The number of ether oxygens (including phenoxy) is 2. The van der Waals surface area contributed by atoms with Crippen LogP contribution in [-0.2, 0) is 27.9 Å². The van der Waals surface area contributed by atoms with E-state index in [0.29, 0.717) is 6.61 Å². The Hall–Kier alpha value is -0.540. The molecule has 0 fully saturated rings. The summed E-state index contributed by atoms with van der Waals surface area (Å²) in [6.07, 6.45) is 44.9. The molecule has 0 amide bonds. The maximum absolute atomic E-state index is 12.7. The first kappa shape index (κ1) is 56.5. The molecule has 0 aliphatic rings. The molecule has 0 saturated heterocycles. The van der Waals surface area contributed by atoms with Crippen LogP contribution in [-0.4, -0.2) is 66.3 Å². The molecule has 0 bridgehead atoms. The second kappa shape index (κ2) is 45.0. The van der Waals surface area contributed by atoms with Crippen molar-refractivity contribution in [3.63, 3.8) is 0 Å².